The minimum atomic E-state index is -0.548. The van der Waals surface area contributed by atoms with Crippen LogP contribution in [0.3, 0.4) is 0 Å². The summed E-state index contributed by atoms with van der Waals surface area (Å²) in [6.45, 7) is 0. The van der Waals surface area contributed by atoms with Crippen LogP contribution in [0.15, 0.2) is 0 Å². The fourth-order valence-electron chi connectivity index (χ4n) is 1.29. The molecule has 2 N–H and O–H groups in total. The highest BCUT2D eigenvalue weighted by molar-refractivity contribution is 9.10. The lowest BCUT2D eigenvalue weighted by molar-refractivity contribution is -0.133. The van der Waals surface area contributed by atoms with E-state index in [1.54, 1.807) is 0 Å². The molecule has 62 valence electrons. The summed E-state index contributed by atoms with van der Waals surface area (Å²) in [7, 11) is 0. The Bertz CT molecular complexity index is 193. The third kappa shape index (κ3) is 1.80. The monoisotopic (exact) mass is 219 g/mol. The molecule has 4 heteroatoms. The molecule has 0 heterocycles. The molecule has 1 aliphatic rings. The first-order chi connectivity index (χ1) is 5.13. The Morgan fingerprint density at radius 2 is 2.18 bits per heavy atom. The predicted molar refractivity (Wildman–Crippen MR) is 44.3 cm³/mol. The maximum Gasteiger partial charge on any atom is 0.228 e. The molecule has 2 atom stereocenters. The van der Waals surface area contributed by atoms with Gasteiger partial charge in [0.05, 0.1) is 10.7 Å². The summed E-state index contributed by atoms with van der Waals surface area (Å²) in [5.41, 5.74) is 5.04. The minimum Gasteiger partial charge on any atom is -0.369 e. The first-order valence-electron chi connectivity index (χ1n) is 3.60. The Labute approximate surface area is 73.5 Å². The molecule has 0 aliphatic heterocycles. The van der Waals surface area contributed by atoms with Gasteiger partial charge in [0.15, 0.2) is 5.78 Å². The third-order valence-corrected chi connectivity index (χ3v) is 2.86. The lowest BCUT2D eigenvalue weighted by atomic mass is 9.87. The van der Waals surface area contributed by atoms with Crippen molar-refractivity contribution in [3.8, 4) is 0 Å². The number of rotatable bonds is 1. The molecule has 0 radical (unpaired) electrons. The van der Waals surface area contributed by atoms with Gasteiger partial charge in [0.2, 0.25) is 5.91 Å². The molecular formula is C7H10BrNO2. The lowest BCUT2D eigenvalue weighted by Gasteiger charge is -2.21. The molecule has 1 amide bonds. The van der Waals surface area contributed by atoms with E-state index in [0.717, 1.165) is 12.8 Å². The number of hydrogen-bond acceptors (Lipinski definition) is 2. The van der Waals surface area contributed by atoms with Gasteiger partial charge in [-0.2, -0.15) is 0 Å². The molecule has 3 nitrogen and oxygen atoms in total. The van der Waals surface area contributed by atoms with Crippen molar-refractivity contribution in [2.24, 2.45) is 11.7 Å². The van der Waals surface area contributed by atoms with Gasteiger partial charge in [0.25, 0.3) is 0 Å². The smallest absolute Gasteiger partial charge is 0.228 e. The van der Waals surface area contributed by atoms with Crippen LogP contribution >= 0.6 is 15.9 Å². The average Bonchev–Trinajstić information content (AvgIpc) is 1.94. The zero-order valence-electron chi connectivity index (χ0n) is 6.05. The van der Waals surface area contributed by atoms with E-state index in [9.17, 15) is 9.59 Å². The topological polar surface area (TPSA) is 60.2 Å². The van der Waals surface area contributed by atoms with E-state index < -0.39 is 11.8 Å². The summed E-state index contributed by atoms with van der Waals surface area (Å²) >= 11 is 3.21. The van der Waals surface area contributed by atoms with Crippen molar-refractivity contribution >= 4 is 27.6 Å². The molecule has 1 aliphatic carbocycles. The highest BCUT2D eigenvalue weighted by atomic mass is 79.9. The van der Waals surface area contributed by atoms with Gasteiger partial charge < -0.3 is 5.73 Å². The Balaban J connectivity index is 2.66. The molecule has 1 fully saturated rings. The van der Waals surface area contributed by atoms with Gasteiger partial charge >= 0.3 is 0 Å². The number of halogens is 1. The summed E-state index contributed by atoms with van der Waals surface area (Å²) in [5.74, 6) is -1.09. The Hall–Kier alpha value is -0.380. The molecule has 1 rings (SSSR count). The second kappa shape index (κ2) is 3.34. The number of carbonyl (C=O) groups excluding carboxylic acids is 2. The van der Waals surface area contributed by atoms with Crippen LogP contribution in [0.25, 0.3) is 0 Å². The molecule has 0 unspecified atom stereocenters. The maximum atomic E-state index is 11.2. The molecule has 1 saturated carbocycles. The van der Waals surface area contributed by atoms with Crippen molar-refractivity contribution < 1.29 is 9.59 Å². The molecule has 0 aromatic rings. The van der Waals surface area contributed by atoms with Crippen LogP contribution in [0.2, 0.25) is 0 Å². The van der Waals surface area contributed by atoms with Crippen molar-refractivity contribution in [3.05, 3.63) is 0 Å². The van der Waals surface area contributed by atoms with E-state index in [0.29, 0.717) is 6.42 Å². The second-order valence-electron chi connectivity index (χ2n) is 2.76. The largest absolute Gasteiger partial charge is 0.369 e. The van der Waals surface area contributed by atoms with Gasteiger partial charge in [-0.3, -0.25) is 9.59 Å². The molecule has 0 aromatic heterocycles. The van der Waals surface area contributed by atoms with Crippen LogP contribution in [0.1, 0.15) is 19.3 Å². The molecule has 11 heavy (non-hydrogen) atoms. The van der Waals surface area contributed by atoms with Crippen LogP contribution < -0.4 is 5.73 Å². The van der Waals surface area contributed by atoms with Crippen molar-refractivity contribution in [1.29, 1.82) is 0 Å². The fourth-order valence-corrected chi connectivity index (χ4v) is 1.93. The number of amides is 1. The van der Waals surface area contributed by atoms with Crippen LogP contribution in [-0.2, 0) is 9.59 Å². The number of primary amides is 1. The zero-order valence-corrected chi connectivity index (χ0v) is 7.63. The third-order valence-electron chi connectivity index (χ3n) is 1.95. The SMILES string of the molecule is NC(=O)[C@H]1CCC[C@@H](Br)C1=O. The fraction of sp³-hybridized carbons (Fsp3) is 0.714. The predicted octanol–water partition coefficient (Wildman–Crippen LogP) is 0.604. The van der Waals surface area contributed by atoms with Gasteiger partial charge in [0, 0.05) is 0 Å². The first kappa shape index (κ1) is 8.71. The van der Waals surface area contributed by atoms with E-state index >= 15 is 0 Å². The van der Waals surface area contributed by atoms with Gasteiger partial charge in [-0.15, -0.1) is 0 Å². The first-order valence-corrected chi connectivity index (χ1v) is 4.51. The van der Waals surface area contributed by atoms with Crippen LogP contribution in [0, 0.1) is 5.92 Å². The number of carbonyl (C=O) groups is 2. The zero-order chi connectivity index (χ0) is 8.43. The van der Waals surface area contributed by atoms with Gasteiger partial charge in [-0.1, -0.05) is 22.4 Å². The van der Waals surface area contributed by atoms with Crippen LogP contribution in [-0.4, -0.2) is 16.5 Å². The highest BCUT2D eigenvalue weighted by Gasteiger charge is 2.32. The summed E-state index contributed by atoms with van der Waals surface area (Å²) < 4.78 is 0. The van der Waals surface area contributed by atoms with Crippen molar-refractivity contribution in [2.45, 2.75) is 24.1 Å². The number of alkyl halides is 1. The summed E-state index contributed by atoms with van der Waals surface area (Å²) in [4.78, 5) is 21.8. The van der Waals surface area contributed by atoms with Gasteiger partial charge in [-0.05, 0) is 12.8 Å². The maximum absolute atomic E-state index is 11.2. The standard InChI is InChI=1S/C7H10BrNO2/c8-5-3-1-2-4(6(5)10)7(9)11/h4-5H,1-3H2,(H2,9,11)/t4-,5+/m0/s1. The second-order valence-corrected chi connectivity index (χ2v) is 3.86. The van der Waals surface area contributed by atoms with E-state index in [1.165, 1.54) is 0 Å². The Kier molecular flexibility index (Phi) is 2.65. The lowest BCUT2D eigenvalue weighted by Crippen LogP contribution is -2.37. The van der Waals surface area contributed by atoms with Crippen molar-refractivity contribution in [2.75, 3.05) is 0 Å². The van der Waals surface area contributed by atoms with Crippen molar-refractivity contribution in [1.82, 2.24) is 0 Å². The number of nitrogens with two attached hydrogens (primary N) is 1. The Morgan fingerprint density at radius 1 is 1.55 bits per heavy atom. The van der Waals surface area contributed by atoms with E-state index in [4.69, 9.17) is 5.73 Å². The summed E-state index contributed by atoms with van der Waals surface area (Å²) in [6.07, 6.45) is 2.34. The summed E-state index contributed by atoms with van der Waals surface area (Å²) in [6, 6.07) is 0. The quantitative estimate of drug-likeness (QED) is 0.519. The minimum absolute atomic E-state index is 0.0521. The number of ketones is 1. The highest BCUT2D eigenvalue weighted by Crippen LogP contribution is 2.25. The van der Waals surface area contributed by atoms with Crippen LogP contribution in [0.4, 0.5) is 0 Å². The molecule has 0 saturated heterocycles. The molecule has 0 aromatic carbocycles. The molecule has 0 bridgehead atoms. The van der Waals surface area contributed by atoms with Crippen molar-refractivity contribution in [3.63, 3.8) is 0 Å². The van der Waals surface area contributed by atoms with E-state index in [1.807, 2.05) is 0 Å². The van der Waals surface area contributed by atoms with E-state index in [2.05, 4.69) is 15.9 Å². The molecular weight excluding hydrogens is 210 g/mol. The normalized spacial score (nSPS) is 31.9. The molecule has 0 spiro atoms. The van der Waals surface area contributed by atoms with Crippen LogP contribution in [0.5, 0.6) is 0 Å². The number of Topliss-reactive ketones (excluding diaryl/α,β-unsaturated/α-hetero) is 1. The number of hydrogen-bond donors (Lipinski definition) is 1. The Morgan fingerprint density at radius 3 is 2.64 bits per heavy atom. The van der Waals surface area contributed by atoms with Gasteiger partial charge in [-0.25, -0.2) is 0 Å². The van der Waals surface area contributed by atoms with Gasteiger partial charge in [0.1, 0.15) is 0 Å². The summed E-state index contributed by atoms with van der Waals surface area (Å²) in [5, 5.41) is 0. The van der Waals surface area contributed by atoms with E-state index in [-0.39, 0.29) is 10.6 Å². The average molecular weight is 220 g/mol.